The minimum Gasteiger partial charge on any atom is -0.369 e. The lowest BCUT2D eigenvalue weighted by molar-refractivity contribution is 0.250. The maximum Gasteiger partial charge on any atom is 0.0399 e. The van der Waals surface area contributed by atoms with Gasteiger partial charge in [0.1, 0.15) is 0 Å². The highest BCUT2D eigenvalue weighted by Gasteiger charge is 2.18. The molecule has 0 bridgehead atoms. The van der Waals surface area contributed by atoms with Crippen molar-refractivity contribution in [2.24, 2.45) is 0 Å². The summed E-state index contributed by atoms with van der Waals surface area (Å²) in [6.07, 6.45) is 1.12. The van der Waals surface area contributed by atoms with E-state index < -0.39 is 0 Å². The first kappa shape index (κ1) is 17.6. The quantitative estimate of drug-likeness (QED) is 0.600. The lowest BCUT2D eigenvalue weighted by Gasteiger charge is -2.37. The molecule has 4 heteroatoms. The van der Waals surface area contributed by atoms with E-state index in [9.17, 15) is 0 Å². The highest BCUT2D eigenvalue weighted by Crippen LogP contribution is 2.23. The monoisotopic (exact) mass is 358 g/mol. The van der Waals surface area contributed by atoms with Crippen molar-refractivity contribution >= 4 is 34.4 Å². The van der Waals surface area contributed by atoms with Gasteiger partial charge in [0, 0.05) is 38.4 Å². The maximum atomic E-state index is 4.19. The predicted molar refractivity (Wildman–Crippen MR) is 113 cm³/mol. The van der Waals surface area contributed by atoms with Gasteiger partial charge in [0.05, 0.1) is 0 Å². The third-order valence-corrected chi connectivity index (χ3v) is 5.68. The fourth-order valence-electron chi connectivity index (χ4n) is 3.26. The molecule has 1 fully saturated rings. The van der Waals surface area contributed by atoms with Crippen LogP contribution in [0.2, 0.25) is 0 Å². The molecule has 1 aliphatic heterocycles. The maximum absolute atomic E-state index is 4.19. The summed E-state index contributed by atoms with van der Waals surface area (Å²) in [6, 6.07) is 19.7. The number of anilines is 1. The first-order valence-corrected chi connectivity index (χ1v) is 10.2. The summed E-state index contributed by atoms with van der Waals surface area (Å²) < 4.78 is 1.94. The van der Waals surface area contributed by atoms with E-state index in [2.05, 4.69) is 77.0 Å². The molecule has 0 aliphatic carbocycles. The second-order valence-corrected chi connectivity index (χ2v) is 7.89. The van der Waals surface area contributed by atoms with Gasteiger partial charge in [-0.2, -0.15) is 11.4 Å². The van der Waals surface area contributed by atoms with Crippen LogP contribution in [-0.4, -0.2) is 41.5 Å². The number of para-hydroxylation sites is 1. The number of rotatable bonds is 6. The Kier molecular flexibility index (Phi) is 6.82. The zero-order valence-corrected chi connectivity index (χ0v) is 15.8. The van der Waals surface area contributed by atoms with E-state index >= 15 is 0 Å². The van der Waals surface area contributed by atoms with Crippen LogP contribution in [0.5, 0.6) is 0 Å². The summed E-state index contributed by atoms with van der Waals surface area (Å²) in [5.41, 5.74) is 4.30. The van der Waals surface area contributed by atoms with Gasteiger partial charge in [-0.1, -0.05) is 48.5 Å². The van der Waals surface area contributed by atoms with Gasteiger partial charge in [-0.3, -0.25) is 4.90 Å². The average Bonchev–Trinajstić information content (AvgIpc) is 2.64. The SMILES string of the molecule is SC=[SH]CCc1ccccc1N1CCN(Cc2ccccc2)CC1. The molecule has 3 rings (SSSR count). The van der Waals surface area contributed by atoms with Crippen LogP contribution < -0.4 is 4.90 Å². The second kappa shape index (κ2) is 9.30. The summed E-state index contributed by atoms with van der Waals surface area (Å²) in [7, 11) is 0. The van der Waals surface area contributed by atoms with E-state index in [-0.39, 0.29) is 0 Å². The second-order valence-electron chi connectivity index (χ2n) is 6.15. The molecule has 24 heavy (non-hydrogen) atoms. The Balaban J connectivity index is 1.58. The molecule has 0 N–H and O–H groups in total. The molecule has 1 aliphatic rings. The van der Waals surface area contributed by atoms with Crippen molar-refractivity contribution < 1.29 is 0 Å². The van der Waals surface area contributed by atoms with Crippen molar-refractivity contribution in [3.05, 3.63) is 65.7 Å². The van der Waals surface area contributed by atoms with Crippen molar-refractivity contribution in [3.63, 3.8) is 0 Å². The van der Waals surface area contributed by atoms with Gasteiger partial charge in [-0.25, -0.2) is 0 Å². The normalized spacial score (nSPS) is 16.3. The highest BCUT2D eigenvalue weighted by atomic mass is 32.2. The molecule has 0 unspecified atom stereocenters. The van der Waals surface area contributed by atoms with Crippen LogP contribution in [0.3, 0.4) is 0 Å². The summed E-state index contributed by atoms with van der Waals surface area (Å²) in [6.45, 7) is 5.55. The fourth-order valence-corrected chi connectivity index (χ4v) is 4.09. The van der Waals surface area contributed by atoms with Gasteiger partial charge in [0.15, 0.2) is 0 Å². The molecule has 2 nitrogen and oxygen atoms in total. The third-order valence-electron chi connectivity index (χ3n) is 4.55. The molecule has 0 amide bonds. The summed E-state index contributed by atoms with van der Waals surface area (Å²) in [5, 5.41) is 0. The Bertz CT molecular complexity index is 650. The van der Waals surface area contributed by atoms with Crippen LogP contribution in [0.25, 0.3) is 0 Å². The van der Waals surface area contributed by atoms with Crippen molar-refractivity contribution in [1.29, 1.82) is 0 Å². The largest absolute Gasteiger partial charge is 0.369 e. The Morgan fingerprint density at radius 3 is 2.38 bits per heavy atom. The van der Waals surface area contributed by atoms with Crippen molar-refractivity contribution in [3.8, 4) is 0 Å². The molecule has 2 aromatic rings. The standard InChI is InChI=1S/C20H26N2S2/c23-17-24-15-10-19-8-4-5-9-20(19)22-13-11-21(12-14-22)16-18-6-2-1-3-7-18/h1-9,17,23-24H,10-16H2. The van der Waals surface area contributed by atoms with E-state index in [1.54, 1.807) is 0 Å². The molecule has 2 aromatic carbocycles. The third kappa shape index (κ3) is 4.88. The van der Waals surface area contributed by atoms with Crippen LogP contribution in [-0.2, 0) is 13.0 Å². The molecule has 1 saturated heterocycles. The number of nitrogens with zero attached hydrogens (tertiary/aromatic N) is 2. The Hall–Kier alpha value is -1.23. The first-order chi connectivity index (χ1) is 11.9. The van der Waals surface area contributed by atoms with Crippen LogP contribution >= 0.6 is 24.0 Å². The minimum absolute atomic E-state index is 1.06. The van der Waals surface area contributed by atoms with Crippen LogP contribution in [0.15, 0.2) is 54.6 Å². The molecule has 0 spiro atoms. The Morgan fingerprint density at radius 1 is 0.917 bits per heavy atom. The molecule has 0 radical (unpaired) electrons. The minimum atomic E-state index is 1.06. The number of aryl methyl sites for hydroxylation is 1. The van der Waals surface area contributed by atoms with E-state index in [1.165, 1.54) is 28.2 Å². The van der Waals surface area contributed by atoms with Gasteiger partial charge in [-0.05, 0) is 34.1 Å². The summed E-state index contributed by atoms with van der Waals surface area (Å²) in [5.74, 6) is 1.15. The van der Waals surface area contributed by atoms with Gasteiger partial charge in [0.2, 0.25) is 0 Å². The molecule has 0 saturated carbocycles. The van der Waals surface area contributed by atoms with Crippen molar-refractivity contribution in [2.75, 3.05) is 36.8 Å². The predicted octanol–water partition coefficient (Wildman–Crippen LogP) is 3.71. The number of hydrogen-bond acceptors (Lipinski definition) is 2. The van der Waals surface area contributed by atoms with Crippen molar-refractivity contribution in [2.45, 2.75) is 13.0 Å². The van der Waals surface area contributed by atoms with Crippen LogP contribution in [0, 0.1) is 0 Å². The lowest BCUT2D eigenvalue weighted by Crippen LogP contribution is -2.46. The van der Waals surface area contributed by atoms with Crippen molar-refractivity contribution in [1.82, 2.24) is 4.90 Å². The number of hydrogen-bond donors (Lipinski definition) is 2. The van der Waals surface area contributed by atoms with Gasteiger partial charge in [0.25, 0.3) is 0 Å². The first-order valence-electron chi connectivity index (χ1n) is 8.58. The zero-order chi connectivity index (χ0) is 16.6. The number of thiol groups is 2. The van der Waals surface area contributed by atoms with Crippen LogP contribution in [0.1, 0.15) is 11.1 Å². The molecule has 0 aromatic heterocycles. The smallest absolute Gasteiger partial charge is 0.0399 e. The van der Waals surface area contributed by atoms with Gasteiger partial charge >= 0.3 is 0 Å². The summed E-state index contributed by atoms with van der Waals surface area (Å²) in [4.78, 5) is 5.11. The topological polar surface area (TPSA) is 6.48 Å². The average molecular weight is 359 g/mol. The summed E-state index contributed by atoms with van der Waals surface area (Å²) >= 11 is 5.50. The number of piperazine rings is 1. The molecule has 128 valence electrons. The number of benzene rings is 2. The fraction of sp³-hybridized carbons (Fsp3) is 0.350. The van der Waals surface area contributed by atoms with E-state index in [1.807, 2.05) is 4.70 Å². The van der Waals surface area contributed by atoms with Gasteiger partial charge < -0.3 is 4.90 Å². The molecular formula is C20H26N2S2. The van der Waals surface area contributed by atoms with E-state index in [0.717, 1.165) is 44.9 Å². The van der Waals surface area contributed by atoms with E-state index in [4.69, 9.17) is 0 Å². The lowest BCUT2D eigenvalue weighted by atomic mass is 10.1. The molecule has 0 atom stereocenters. The highest BCUT2D eigenvalue weighted by molar-refractivity contribution is 8.15. The Morgan fingerprint density at radius 2 is 1.62 bits per heavy atom. The molecular weight excluding hydrogens is 332 g/mol. The zero-order valence-electron chi connectivity index (χ0n) is 14.0. The molecule has 1 heterocycles. The Labute approximate surface area is 154 Å². The van der Waals surface area contributed by atoms with Crippen LogP contribution in [0.4, 0.5) is 5.69 Å². The van der Waals surface area contributed by atoms with Gasteiger partial charge in [-0.15, -0.1) is 12.6 Å². The van der Waals surface area contributed by atoms with E-state index in [0.29, 0.717) is 0 Å².